The minimum Gasteiger partial charge on any atom is -0.378 e. The van der Waals surface area contributed by atoms with E-state index in [1.54, 1.807) is 13.5 Å². The molecule has 14 heavy (non-hydrogen) atoms. The van der Waals surface area contributed by atoms with E-state index in [9.17, 15) is 4.39 Å². The molecular formula is C12H22FO. The largest absolute Gasteiger partial charge is 0.378 e. The van der Waals surface area contributed by atoms with E-state index in [0.717, 1.165) is 25.7 Å². The van der Waals surface area contributed by atoms with Crippen molar-refractivity contribution in [2.45, 2.75) is 63.6 Å². The Labute approximate surface area is 87.0 Å². The Morgan fingerprint density at radius 3 is 2.86 bits per heavy atom. The van der Waals surface area contributed by atoms with Crippen LogP contribution in [0.15, 0.2) is 0 Å². The highest BCUT2D eigenvalue weighted by molar-refractivity contribution is 4.95. The normalized spacial score (nSPS) is 33.2. The molecule has 0 aromatic rings. The maximum atomic E-state index is 13.2. The Balaban J connectivity index is 2.39. The number of ether oxygens (including phenoxy) is 1. The third-order valence-electron chi connectivity index (χ3n) is 3.26. The van der Waals surface area contributed by atoms with E-state index >= 15 is 0 Å². The second-order valence-corrected chi connectivity index (χ2v) is 4.34. The zero-order valence-corrected chi connectivity index (χ0v) is 9.39. The van der Waals surface area contributed by atoms with Crippen LogP contribution >= 0.6 is 0 Å². The van der Waals surface area contributed by atoms with Crippen LogP contribution < -0.4 is 0 Å². The Kier molecular flexibility index (Phi) is 4.86. The summed E-state index contributed by atoms with van der Waals surface area (Å²) in [6.45, 7) is 2.19. The van der Waals surface area contributed by atoms with Gasteiger partial charge in [-0.05, 0) is 25.7 Å². The molecule has 0 aliphatic heterocycles. The summed E-state index contributed by atoms with van der Waals surface area (Å²) < 4.78 is 18.8. The van der Waals surface area contributed by atoms with Gasteiger partial charge in [0.15, 0.2) is 0 Å². The highest BCUT2D eigenvalue weighted by Gasteiger charge is 2.35. The van der Waals surface area contributed by atoms with E-state index in [0.29, 0.717) is 6.42 Å². The average molecular weight is 201 g/mol. The van der Waals surface area contributed by atoms with Gasteiger partial charge < -0.3 is 4.74 Å². The van der Waals surface area contributed by atoms with E-state index in [1.807, 2.05) is 0 Å². The monoisotopic (exact) mass is 201 g/mol. The first-order valence-corrected chi connectivity index (χ1v) is 5.75. The lowest BCUT2D eigenvalue weighted by Gasteiger charge is -2.37. The first kappa shape index (κ1) is 12.0. The number of alkyl halides is 1. The average Bonchev–Trinajstić information content (AvgIpc) is 2.18. The summed E-state index contributed by atoms with van der Waals surface area (Å²) >= 11 is 0. The number of halogens is 1. The van der Waals surface area contributed by atoms with Crippen molar-refractivity contribution in [2.24, 2.45) is 0 Å². The molecule has 83 valence electrons. The smallest absolute Gasteiger partial charge is 0.106 e. The van der Waals surface area contributed by atoms with E-state index in [-0.39, 0.29) is 5.60 Å². The van der Waals surface area contributed by atoms with Crippen molar-refractivity contribution in [3.63, 3.8) is 0 Å². The van der Waals surface area contributed by atoms with Crippen molar-refractivity contribution < 1.29 is 9.13 Å². The van der Waals surface area contributed by atoms with Crippen LogP contribution in [-0.2, 0) is 4.74 Å². The molecule has 1 radical (unpaired) electrons. The Morgan fingerprint density at radius 1 is 1.50 bits per heavy atom. The van der Waals surface area contributed by atoms with E-state index < -0.39 is 6.17 Å². The van der Waals surface area contributed by atoms with Crippen molar-refractivity contribution in [1.29, 1.82) is 0 Å². The van der Waals surface area contributed by atoms with Gasteiger partial charge in [-0.25, -0.2) is 4.39 Å². The molecule has 0 aromatic carbocycles. The number of hydrogen-bond acceptors (Lipinski definition) is 1. The molecule has 1 aliphatic rings. The Bertz CT molecular complexity index is 160. The number of rotatable bonds is 5. The molecule has 0 aromatic heterocycles. The third-order valence-corrected chi connectivity index (χ3v) is 3.26. The van der Waals surface area contributed by atoms with Crippen LogP contribution in [0.25, 0.3) is 0 Å². The fourth-order valence-corrected chi connectivity index (χ4v) is 2.28. The van der Waals surface area contributed by atoms with Gasteiger partial charge in [0, 0.05) is 13.5 Å². The van der Waals surface area contributed by atoms with Crippen LogP contribution in [0.4, 0.5) is 4.39 Å². The van der Waals surface area contributed by atoms with Gasteiger partial charge >= 0.3 is 0 Å². The lowest BCUT2D eigenvalue weighted by atomic mass is 9.80. The molecule has 0 bridgehead atoms. The fraction of sp³-hybridized carbons (Fsp3) is 0.917. The summed E-state index contributed by atoms with van der Waals surface area (Å²) in [4.78, 5) is 0. The molecule has 2 atom stereocenters. The van der Waals surface area contributed by atoms with Crippen molar-refractivity contribution >= 4 is 0 Å². The summed E-state index contributed by atoms with van der Waals surface area (Å²) in [5.41, 5.74) is -0.163. The first-order valence-electron chi connectivity index (χ1n) is 5.75. The number of unbranched alkanes of at least 4 members (excludes halogenated alkanes) is 2. The minimum absolute atomic E-state index is 0.163. The highest BCUT2D eigenvalue weighted by Crippen LogP contribution is 2.36. The predicted molar refractivity (Wildman–Crippen MR) is 56.9 cm³/mol. The molecule has 0 saturated heterocycles. The van der Waals surface area contributed by atoms with Gasteiger partial charge in [-0.3, -0.25) is 0 Å². The molecule has 0 heterocycles. The van der Waals surface area contributed by atoms with Crippen LogP contribution in [0.3, 0.4) is 0 Å². The molecule has 2 unspecified atom stereocenters. The van der Waals surface area contributed by atoms with E-state index in [4.69, 9.17) is 4.74 Å². The Hall–Kier alpha value is -0.110. The summed E-state index contributed by atoms with van der Waals surface area (Å²) in [6, 6.07) is 0. The zero-order valence-electron chi connectivity index (χ0n) is 9.39. The quantitative estimate of drug-likeness (QED) is 0.616. The highest BCUT2D eigenvalue weighted by atomic mass is 19.1. The van der Waals surface area contributed by atoms with Gasteiger partial charge in [0.25, 0.3) is 0 Å². The fourth-order valence-electron chi connectivity index (χ4n) is 2.28. The van der Waals surface area contributed by atoms with Crippen LogP contribution in [0.5, 0.6) is 0 Å². The molecule has 0 amide bonds. The van der Waals surface area contributed by atoms with Gasteiger partial charge in [0.2, 0.25) is 0 Å². The van der Waals surface area contributed by atoms with Crippen molar-refractivity contribution in [3.05, 3.63) is 6.42 Å². The maximum absolute atomic E-state index is 13.2. The summed E-state index contributed by atoms with van der Waals surface area (Å²) in [7, 11) is 1.73. The first-order chi connectivity index (χ1) is 6.72. The SMILES string of the molecule is CCCCCC1(OC)CC[CH]C(F)C1. The zero-order chi connectivity index (χ0) is 10.4. The molecule has 1 aliphatic carbocycles. The molecule has 2 heteroatoms. The number of hydrogen-bond donors (Lipinski definition) is 0. The van der Waals surface area contributed by atoms with E-state index in [2.05, 4.69) is 6.92 Å². The Morgan fingerprint density at radius 2 is 2.29 bits per heavy atom. The van der Waals surface area contributed by atoms with Crippen LogP contribution in [0.1, 0.15) is 51.9 Å². The molecular weight excluding hydrogens is 179 g/mol. The van der Waals surface area contributed by atoms with Gasteiger partial charge in [0.1, 0.15) is 6.17 Å². The van der Waals surface area contributed by atoms with Crippen LogP contribution in [-0.4, -0.2) is 18.9 Å². The molecule has 1 rings (SSSR count). The predicted octanol–water partition coefficient (Wildman–Crippen LogP) is 3.68. The van der Waals surface area contributed by atoms with Gasteiger partial charge in [-0.2, -0.15) is 0 Å². The van der Waals surface area contributed by atoms with Gasteiger partial charge in [0.05, 0.1) is 5.60 Å². The molecule has 0 spiro atoms. The standard InChI is InChI=1S/C12H22FO/c1-3-4-5-8-12(14-2)9-6-7-11(13)10-12/h7,11H,3-6,8-10H2,1-2H3. The summed E-state index contributed by atoms with van der Waals surface area (Å²) in [5.74, 6) is 0. The van der Waals surface area contributed by atoms with Gasteiger partial charge in [-0.15, -0.1) is 0 Å². The lowest BCUT2D eigenvalue weighted by Crippen LogP contribution is -2.38. The third kappa shape index (κ3) is 3.23. The summed E-state index contributed by atoms with van der Waals surface area (Å²) in [5, 5.41) is 0. The number of methoxy groups -OCH3 is 1. The van der Waals surface area contributed by atoms with Crippen LogP contribution in [0, 0.1) is 6.42 Å². The molecule has 1 nitrogen and oxygen atoms in total. The van der Waals surface area contributed by atoms with Crippen LogP contribution in [0.2, 0.25) is 0 Å². The van der Waals surface area contributed by atoms with Crippen molar-refractivity contribution in [1.82, 2.24) is 0 Å². The maximum Gasteiger partial charge on any atom is 0.106 e. The lowest BCUT2D eigenvalue weighted by molar-refractivity contribution is -0.0561. The van der Waals surface area contributed by atoms with Crippen molar-refractivity contribution in [3.8, 4) is 0 Å². The van der Waals surface area contributed by atoms with Gasteiger partial charge in [-0.1, -0.05) is 26.2 Å². The van der Waals surface area contributed by atoms with Crippen molar-refractivity contribution in [2.75, 3.05) is 7.11 Å². The topological polar surface area (TPSA) is 9.23 Å². The van der Waals surface area contributed by atoms with E-state index in [1.165, 1.54) is 12.8 Å². The second kappa shape index (κ2) is 5.69. The summed E-state index contributed by atoms with van der Waals surface area (Å²) in [6.07, 6.45) is 8.06. The minimum atomic E-state index is -0.759. The molecule has 1 fully saturated rings. The molecule has 0 N–H and O–H groups in total. The second-order valence-electron chi connectivity index (χ2n) is 4.34. The molecule has 1 saturated carbocycles.